The zero-order valence-corrected chi connectivity index (χ0v) is 9.97. The van der Waals surface area contributed by atoms with Gasteiger partial charge in [-0.05, 0) is 30.4 Å². The van der Waals surface area contributed by atoms with Gasteiger partial charge in [0.2, 0.25) is 5.89 Å². The Kier molecular flexibility index (Phi) is 2.81. The molecule has 0 radical (unpaired) electrons. The lowest BCUT2D eigenvalue weighted by atomic mass is 9.82. The summed E-state index contributed by atoms with van der Waals surface area (Å²) in [4.78, 5) is 4.32. The van der Waals surface area contributed by atoms with Crippen LogP contribution in [0.5, 0.6) is 0 Å². The van der Waals surface area contributed by atoms with Gasteiger partial charge in [-0.25, -0.2) is 0 Å². The molecule has 0 fully saturated rings. The summed E-state index contributed by atoms with van der Waals surface area (Å²) in [7, 11) is 0. The summed E-state index contributed by atoms with van der Waals surface area (Å²) >= 11 is 0. The highest BCUT2D eigenvalue weighted by Gasteiger charge is 2.25. The zero-order valence-electron chi connectivity index (χ0n) is 9.97. The summed E-state index contributed by atoms with van der Waals surface area (Å²) in [6.07, 6.45) is 3.49. The van der Waals surface area contributed by atoms with E-state index in [2.05, 4.69) is 28.3 Å². The number of nitriles is 1. The first-order valence-electron chi connectivity index (χ1n) is 6.15. The van der Waals surface area contributed by atoms with Crippen molar-refractivity contribution in [3.05, 3.63) is 47.1 Å². The van der Waals surface area contributed by atoms with Gasteiger partial charge in [-0.2, -0.15) is 10.2 Å². The second kappa shape index (κ2) is 4.61. The second-order valence-corrected chi connectivity index (χ2v) is 4.52. The number of hydrogen-bond acceptors (Lipinski definition) is 4. The fourth-order valence-electron chi connectivity index (χ4n) is 2.57. The molecule has 4 nitrogen and oxygen atoms in total. The van der Waals surface area contributed by atoms with Gasteiger partial charge in [0.05, 0.1) is 6.07 Å². The molecule has 1 aliphatic rings. The first kappa shape index (κ1) is 11.0. The molecule has 1 unspecified atom stereocenters. The highest BCUT2D eigenvalue weighted by atomic mass is 16.5. The van der Waals surface area contributed by atoms with Crippen LogP contribution < -0.4 is 0 Å². The highest BCUT2D eigenvalue weighted by molar-refractivity contribution is 5.36. The molecule has 18 heavy (non-hydrogen) atoms. The Balaban J connectivity index is 1.95. The molecule has 0 saturated carbocycles. The lowest BCUT2D eigenvalue weighted by Gasteiger charge is -2.22. The van der Waals surface area contributed by atoms with Crippen LogP contribution >= 0.6 is 0 Å². The SMILES string of the molecule is N#CCc1nc(C2CCCc3ccccc32)no1. The van der Waals surface area contributed by atoms with Gasteiger partial charge in [0.15, 0.2) is 5.82 Å². The molecule has 1 atom stereocenters. The van der Waals surface area contributed by atoms with Crippen LogP contribution in [-0.4, -0.2) is 10.1 Å². The third kappa shape index (κ3) is 1.88. The van der Waals surface area contributed by atoms with E-state index in [0.717, 1.165) is 19.3 Å². The molecular formula is C14H13N3O. The van der Waals surface area contributed by atoms with E-state index in [1.807, 2.05) is 12.1 Å². The van der Waals surface area contributed by atoms with Crippen LogP contribution in [0.1, 0.15) is 41.6 Å². The van der Waals surface area contributed by atoms with Crippen molar-refractivity contribution >= 4 is 0 Å². The number of fused-ring (bicyclic) bond motifs is 1. The fraction of sp³-hybridized carbons (Fsp3) is 0.357. The van der Waals surface area contributed by atoms with Crippen LogP contribution in [0.2, 0.25) is 0 Å². The van der Waals surface area contributed by atoms with Crippen LogP contribution in [0, 0.1) is 11.3 Å². The molecule has 0 saturated heterocycles. The van der Waals surface area contributed by atoms with Crippen LogP contribution in [0.25, 0.3) is 0 Å². The molecule has 0 bridgehead atoms. The van der Waals surface area contributed by atoms with E-state index in [4.69, 9.17) is 9.78 Å². The molecule has 0 amide bonds. The Labute approximate surface area is 105 Å². The summed E-state index contributed by atoms with van der Waals surface area (Å²) in [6.45, 7) is 0. The van der Waals surface area contributed by atoms with Crippen LogP contribution in [-0.2, 0) is 12.8 Å². The van der Waals surface area contributed by atoms with E-state index in [0.29, 0.717) is 11.7 Å². The number of aromatic nitrogens is 2. The van der Waals surface area contributed by atoms with Gasteiger partial charge >= 0.3 is 0 Å². The molecular weight excluding hydrogens is 226 g/mol. The van der Waals surface area contributed by atoms with E-state index >= 15 is 0 Å². The molecule has 1 heterocycles. The first-order chi connectivity index (χ1) is 8.88. The summed E-state index contributed by atoms with van der Waals surface area (Å²) in [5, 5.41) is 12.6. The maximum Gasteiger partial charge on any atom is 0.240 e. The van der Waals surface area contributed by atoms with Crippen molar-refractivity contribution in [2.75, 3.05) is 0 Å². The van der Waals surface area contributed by atoms with Crippen molar-refractivity contribution in [2.24, 2.45) is 0 Å². The normalized spacial score (nSPS) is 18.1. The molecule has 0 spiro atoms. The van der Waals surface area contributed by atoms with Crippen molar-refractivity contribution in [2.45, 2.75) is 31.6 Å². The van der Waals surface area contributed by atoms with Crippen molar-refractivity contribution < 1.29 is 4.52 Å². The Morgan fingerprint density at radius 3 is 3.17 bits per heavy atom. The van der Waals surface area contributed by atoms with E-state index in [1.165, 1.54) is 11.1 Å². The maximum absolute atomic E-state index is 8.62. The van der Waals surface area contributed by atoms with Gasteiger partial charge in [-0.1, -0.05) is 29.4 Å². The summed E-state index contributed by atoms with van der Waals surface area (Å²) in [5.41, 5.74) is 2.67. The molecule has 2 aromatic rings. The molecule has 0 aliphatic heterocycles. The summed E-state index contributed by atoms with van der Waals surface area (Å²) in [6, 6.07) is 10.4. The third-order valence-corrected chi connectivity index (χ3v) is 3.40. The van der Waals surface area contributed by atoms with E-state index < -0.39 is 0 Å². The molecule has 90 valence electrons. The van der Waals surface area contributed by atoms with Gasteiger partial charge in [0.1, 0.15) is 6.42 Å². The van der Waals surface area contributed by atoms with Gasteiger partial charge in [0, 0.05) is 5.92 Å². The average Bonchev–Trinajstić information content (AvgIpc) is 2.87. The molecule has 1 aromatic heterocycles. The van der Waals surface area contributed by atoms with Crippen molar-refractivity contribution in [3.63, 3.8) is 0 Å². The molecule has 1 aromatic carbocycles. The van der Waals surface area contributed by atoms with Gasteiger partial charge in [-0.15, -0.1) is 0 Å². The largest absolute Gasteiger partial charge is 0.338 e. The molecule has 1 aliphatic carbocycles. The number of rotatable bonds is 2. The number of aryl methyl sites for hydroxylation is 1. The van der Waals surface area contributed by atoms with Crippen LogP contribution in [0.15, 0.2) is 28.8 Å². The zero-order chi connectivity index (χ0) is 12.4. The van der Waals surface area contributed by atoms with E-state index in [-0.39, 0.29) is 12.3 Å². The first-order valence-corrected chi connectivity index (χ1v) is 6.15. The lowest BCUT2D eigenvalue weighted by molar-refractivity contribution is 0.377. The third-order valence-electron chi connectivity index (χ3n) is 3.40. The number of hydrogen-bond donors (Lipinski definition) is 0. The predicted octanol–water partition coefficient (Wildman–Crippen LogP) is 2.60. The fourth-order valence-corrected chi connectivity index (χ4v) is 2.57. The quantitative estimate of drug-likeness (QED) is 0.808. The van der Waals surface area contributed by atoms with Gasteiger partial charge in [0.25, 0.3) is 0 Å². The molecule has 0 N–H and O–H groups in total. The Morgan fingerprint density at radius 1 is 1.39 bits per heavy atom. The smallest absolute Gasteiger partial charge is 0.240 e. The standard InChI is InChI=1S/C14H13N3O/c15-9-8-13-16-14(17-18-13)12-7-3-5-10-4-1-2-6-11(10)12/h1-2,4,6,12H,3,5,7-8H2. The van der Waals surface area contributed by atoms with Crippen molar-refractivity contribution in [3.8, 4) is 6.07 Å². The molecule has 3 rings (SSSR count). The topological polar surface area (TPSA) is 62.7 Å². The molecule has 4 heteroatoms. The Morgan fingerprint density at radius 2 is 2.28 bits per heavy atom. The highest BCUT2D eigenvalue weighted by Crippen LogP contribution is 2.34. The monoisotopic (exact) mass is 239 g/mol. The predicted molar refractivity (Wildman–Crippen MR) is 64.8 cm³/mol. The number of nitrogens with zero attached hydrogens (tertiary/aromatic N) is 3. The van der Waals surface area contributed by atoms with E-state index in [9.17, 15) is 0 Å². The summed E-state index contributed by atoms with van der Waals surface area (Å²) < 4.78 is 5.09. The van der Waals surface area contributed by atoms with E-state index in [1.54, 1.807) is 0 Å². The second-order valence-electron chi connectivity index (χ2n) is 4.52. The minimum Gasteiger partial charge on any atom is -0.338 e. The average molecular weight is 239 g/mol. The van der Waals surface area contributed by atoms with Crippen molar-refractivity contribution in [1.82, 2.24) is 10.1 Å². The Bertz CT molecular complexity index is 597. The van der Waals surface area contributed by atoms with Crippen LogP contribution in [0.3, 0.4) is 0 Å². The lowest BCUT2D eigenvalue weighted by Crippen LogP contribution is -2.12. The van der Waals surface area contributed by atoms with Crippen molar-refractivity contribution in [1.29, 1.82) is 5.26 Å². The van der Waals surface area contributed by atoms with Gasteiger partial charge < -0.3 is 4.52 Å². The summed E-state index contributed by atoms with van der Waals surface area (Å²) in [5.74, 6) is 1.34. The number of benzene rings is 1. The van der Waals surface area contributed by atoms with Crippen LogP contribution in [0.4, 0.5) is 0 Å². The minimum atomic E-state index is 0.182. The van der Waals surface area contributed by atoms with Gasteiger partial charge in [-0.3, -0.25) is 0 Å². The maximum atomic E-state index is 8.62. The Hall–Kier alpha value is -2.15. The minimum absolute atomic E-state index is 0.182.